The van der Waals surface area contributed by atoms with Crippen LogP contribution >= 0.6 is 0 Å². The Kier molecular flexibility index (Phi) is 5.02. The highest BCUT2D eigenvalue weighted by Gasteiger charge is 2.23. The SMILES string of the molecule is C=CCOCC(O)Cn1c(C)c(S(=O)(=O)O)c2ccccc21. The molecule has 0 aliphatic carbocycles. The summed E-state index contributed by atoms with van der Waals surface area (Å²) < 4.78 is 39.6. The topological polar surface area (TPSA) is 88.8 Å². The van der Waals surface area contributed by atoms with E-state index in [0.29, 0.717) is 23.2 Å². The van der Waals surface area contributed by atoms with Gasteiger partial charge in [0.2, 0.25) is 0 Å². The highest BCUT2D eigenvalue weighted by molar-refractivity contribution is 7.86. The van der Waals surface area contributed by atoms with Gasteiger partial charge in [-0.15, -0.1) is 6.58 Å². The van der Waals surface area contributed by atoms with Crippen LogP contribution in [0.2, 0.25) is 0 Å². The van der Waals surface area contributed by atoms with Gasteiger partial charge in [0.15, 0.2) is 0 Å². The summed E-state index contributed by atoms with van der Waals surface area (Å²) in [5.41, 5.74) is 1.02. The van der Waals surface area contributed by atoms with Crippen molar-refractivity contribution in [3.8, 4) is 0 Å². The molecule has 0 fully saturated rings. The maximum atomic E-state index is 11.6. The van der Waals surface area contributed by atoms with Gasteiger partial charge in [-0.05, 0) is 13.0 Å². The molecule has 2 rings (SSSR count). The third-order valence-electron chi connectivity index (χ3n) is 3.37. The molecule has 0 amide bonds. The third kappa shape index (κ3) is 3.38. The van der Waals surface area contributed by atoms with Crippen LogP contribution in [0.25, 0.3) is 10.9 Å². The Morgan fingerprint density at radius 1 is 1.41 bits per heavy atom. The minimum absolute atomic E-state index is 0.110. The van der Waals surface area contributed by atoms with Crippen molar-refractivity contribution in [1.29, 1.82) is 0 Å². The average molecular weight is 325 g/mol. The molecule has 22 heavy (non-hydrogen) atoms. The molecule has 0 radical (unpaired) electrons. The highest BCUT2D eigenvalue weighted by atomic mass is 32.2. The molecular weight excluding hydrogens is 306 g/mol. The van der Waals surface area contributed by atoms with Gasteiger partial charge in [0.05, 0.1) is 25.9 Å². The van der Waals surface area contributed by atoms with Crippen molar-refractivity contribution < 1.29 is 22.8 Å². The van der Waals surface area contributed by atoms with E-state index < -0.39 is 16.2 Å². The first-order chi connectivity index (χ1) is 10.4. The van der Waals surface area contributed by atoms with Crippen LogP contribution in [0.5, 0.6) is 0 Å². The van der Waals surface area contributed by atoms with Crippen molar-refractivity contribution in [3.63, 3.8) is 0 Å². The van der Waals surface area contributed by atoms with Gasteiger partial charge in [0, 0.05) is 16.6 Å². The van der Waals surface area contributed by atoms with E-state index in [1.807, 2.05) is 0 Å². The van der Waals surface area contributed by atoms with Gasteiger partial charge in [0.1, 0.15) is 4.90 Å². The molecule has 0 aliphatic heterocycles. The summed E-state index contributed by atoms with van der Waals surface area (Å²) in [6.07, 6.45) is 0.781. The molecule has 120 valence electrons. The Hall–Kier alpha value is -1.67. The molecule has 1 aromatic carbocycles. The van der Waals surface area contributed by atoms with Gasteiger partial charge >= 0.3 is 0 Å². The first kappa shape index (κ1) is 16.7. The van der Waals surface area contributed by atoms with E-state index in [2.05, 4.69) is 6.58 Å². The zero-order valence-electron chi connectivity index (χ0n) is 12.3. The minimum Gasteiger partial charge on any atom is -0.389 e. The summed E-state index contributed by atoms with van der Waals surface area (Å²) in [7, 11) is -4.34. The van der Waals surface area contributed by atoms with E-state index in [1.54, 1.807) is 41.8 Å². The van der Waals surface area contributed by atoms with Gasteiger partial charge in [-0.25, -0.2) is 0 Å². The van der Waals surface area contributed by atoms with Crippen molar-refractivity contribution in [2.45, 2.75) is 24.5 Å². The number of ether oxygens (including phenoxy) is 1. The molecule has 6 nitrogen and oxygen atoms in total. The van der Waals surface area contributed by atoms with E-state index in [-0.39, 0.29) is 18.0 Å². The van der Waals surface area contributed by atoms with Crippen LogP contribution in [0.4, 0.5) is 0 Å². The summed E-state index contributed by atoms with van der Waals surface area (Å²) in [5, 5.41) is 10.5. The smallest absolute Gasteiger partial charge is 0.296 e. The van der Waals surface area contributed by atoms with Crippen molar-refractivity contribution >= 4 is 21.0 Å². The fourth-order valence-electron chi connectivity index (χ4n) is 2.51. The molecule has 1 atom stereocenters. The molecule has 0 spiro atoms. The van der Waals surface area contributed by atoms with Gasteiger partial charge in [-0.3, -0.25) is 4.55 Å². The standard InChI is InChI=1S/C15H19NO5S/c1-3-8-21-10-12(17)9-16-11(2)15(22(18,19)20)13-6-4-5-7-14(13)16/h3-7,12,17H,1,8-10H2,2H3,(H,18,19,20). The number of hydrogen-bond donors (Lipinski definition) is 2. The summed E-state index contributed by atoms with van der Waals surface area (Å²) in [6.45, 7) is 5.73. The van der Waals surface area contributed by atoms with E-state index in [9.17, 15) is 18.1 Å². The number of aliphatic hydroxyl groups is 1. The Morgan fingerprint density at radius 2 is 2.09 bits per heavy atom. The monoisotopic (exact) mass is 325 g/mol. The summed E-state index contributed by atoms with van der Waals surface area (Å²) in [5.74, 6) is 0. The van der Waals surface area contributed by atoms with Crippen molar-refractivity contribution in [1.82, 2.24) is 4.57 Å². The number of benzene rings is 1. The second-order valence-electron chi connectivity index (χ2n) is 5.00. The van der Waals surface area contributed by atoms with Crippen LogP contribution in [-0.4, -0.2) is 42.0 Å². The Morgan fingerprint density at radius 3 is 2.73 bits per heavy atom. The number of para-hydroxylation sites is 1. The van der Waals surface area contributed by atoms with Crippen LogP contribution in [0.3, 0.4) is 0 Å². The molecule has 2 aromatic rings. The Bertz CT molecular complexity index is 779. The van der Waals surface area contributed by atoms with Crippen molar-refractivity contribution in [2.24, 2.45) is 0 Å². The van der Waals surface area contributed by atoms with Gasteiger partial charge < -0.3 is 14.4 Å². The second kappa shape index (κ2) is 6.62. The van der Waals surface area contributed by atoms with Crippen LogP contribution in [-0.2, 0) is 21.4 Å². The zero-order chi connectivity index (χ0) is 16.3. The summed E-state index contributed by atoms with van der Waals surface area (Å²) in [4.78, 5) is -0.123. The predicted octanol–water partition coefficient (Wildman–Crippen LogP) is 1.76. The largest absolute Gasteiger partial charge is 0.389 e. The van der Waals surface area contributed by atoms with Crippen molar-refractivity contribution in [2.75, 3.05) is 13.2 Å². The van der Waals surface area contributed by atoms with Gasteiger partial charge in [0.25, 0.3) is 10.1 Å². The maximum absolute atomic E-state index is 11.6. The van der Waals surface area contributed by atoms with Crippen molar-refractivity contribution in [3.05, 3.63) is 42.6 Å². The minimum atomic E-state index is -4.34. The van der Waals surface area contributed by atoms with E-state index >= 15 is 0 Å². The second-order valence-corrected chi connectivity index (χ2v) is 6.36. The number of nitrogens with zero attached hydrogens (tertiary/aromatic N) is 1. The molecule has 0 aliphatic rings. The lowest BCUT2D eigenvalue weighted by molar-refractivity contribution is 0.0400. The average Bonchev–Trinajstić information content (AvgIpc) is 2.72. The van der Waals surface area contributed by atoms with Crippen LogP contribution in [0.15, 0.2) is 41.8 Å². The van der Waals surface area contributed by atoms with E-state index in [1.165, 1.54) is 0 Å². The molecular formula is C15H19NO5S. The lowest BCUT2D eigenvalue weighted by Gasteiger charge is -2.14. The molecule has 2 N–H and O–H groups in total. The fraction of sp³-hybridized carbons (Fsp3) is 0.333. The number of hydrogen-bond acceptors (Lipinski definition) is 4. The number of aromatic nitrogens is 1. The normalized spacial score (nSPS) is 13.4. The van der Waals surface area contributed by atoms with Gasteiger partial charge in [-0.2, -0.15) is 8.42 Å². The summed E-state index contributed by atoms with van der Waals surface area (Å²) in [6, 6.07) is 6.84. The number of aliphatic hydroxyl groups excluding tert-OH is 1. The molecule has 0 bridgehead atoms. The predicted molar refractivity (Wildman–Crippen MR) is 83.5 cm³/mol. The van der Waals surface area contributed by atoms with E-state index in [0.717, 1.165) is 0 Å². The summed E-state index contributed by atoms with van der Waals surface area (Å²) >= 11 is 0. The highest BCUT2D eigenvalue weighted by Crippen LogP contribution is 2.29. The molecule has 7 heteroatoms. The zero-order valence-corrected chi connectivity index (χ0v) is 13.1. The van der Waals surface area contributed by atoms with Crippen LogP contribution in [0.1, 0.15) is 5.69 Å². The molecule has 1 aromatic heterocycles. The van der Waals surface area contributed by atoms with E-state index in [4.69, 9.17) is 4.74 Å². The quantitative estimate of drug-likeness (QED) is 0.460. The Labute approximate surface area is 129 Å². The molecule has 0 saturated heterocycles. The molecule has 1 heterocycles. The molecule has 1 unspecified atom stereocenters. The van der Waals surface area contributed by atoms with Gasteiger partial charge in [-0.1, -0.05) is 24.3 Å². The third-order valence-corrected chi connectivity index (χ3v) is 4.40. The first-order valence-electron chi connectivity index (χ1n) is 6.78. The Balaban J connectivity index is 2.42. The first-order valence-corrected chi connectivity index (χ1v) is 8.22. The van der Waals surface area contributed by atoms with Crippen LogP contribution < -0.4 is 0 Å². The number of fused-ring (bicyclic) bond motifs is 1. The van der Waals surface area contributed by atoms with Crippen LogP contribution in [0, 0.1) is 6.92 Å². The lowest BCUT2D eigenvalue weighted by Crippen LogP contribution is -2.22. The molecule has 0 saturated carbocycles. The fourth-order valence-corrected chi connectivity index (χ4v) is 3.44. The number of rotatable bonds is 7. The maximum Gasteiger partial charge on any atom is 0.296 e. The lowest BCUT2D eigenvalue weighted by atomic mass is 10.2.